The zero-order valence-electron chi connectivity index (χ0n) is 9.30. The molecule has 0 saturated carbocycles. The van der Waals surface area contributed by atoms with E-state index in [0.717, 1.165) is 0 Å². The van der Waals surface area contributed by atoms with Gasteiger partial charge in [0.25, 0.3) is 5.91 Å². The van der Waals surface area contributed by atoms with E-state index in [1.165, 1.54) is 16.7 Å². The number of fused-ring (bicyclic) bond motifs is 1. The van der Waals surface area contributed by atoms with Crippen LogP contribution in [-0.2, 0) is 4.79 Å². The summed E-state index contributed by atoms with van der Waals surface area (Å²) in [7, 11) is 0. The SMILES string of the molecule is CCNC(=O)c1cc2cc(O)ccc2n1C=O. The summed E-state index contributed by atoms with van der Waals surface area (Å²) in [4.78, 5) is 22.7. The van der Waals surface area contributed by atoms with Crippen LogP contribution in [0.1, 0.15) is 17.4 Å². The van der Waals surface area contributed by atoms with Crippen LogP contribution in [0, 0.1) is 0 Å². The molecule has 0 bridgehead atoms. The summed E-state index contributed by atoms with van der Waals surface area (Å²) < 4.78 is 1.26. The number of carbonyl (C=O) groups excluding carboxylic acids is 2. The topological polar surface area (TPSA) is 71.3 Å². The van der Waals surface area contributed by atoms with Gasteiger partial charge < -0.3 is 10.4 Å². The number of carbonyl (C=O) groups is 2. The molecule has 1 aromatic heterocycles. The average Bonchev–Trinajstić information content (AvgIpc) is 2.66. The molecule has 17 heavy (non-hydrogen) atoms. The highest BCUT2D eigenvalue weighted by atomic mass is 16.3. The number of nitrogens with one attached hydrogen (secondary N) is 1. The van der Waals surface area contributed by atoms with Crippen LogP contribution in [0.5, 0.6) is 5.75 Å². The van der Waals surface area contributed by atoms with Crippen molar-refractivity contribution in [2.45, 2.75) is 6.92 Å². The second kappa shape index (κ2) is 4.29. The summed E-state index contributed by atoms with van der Waals surface area (Å²) in [6.07, 6.45) is 0.587. The molecule has 0 unspecified atom stereocenters. The van der Waals surface area contributed by atoms with E-state index in [-0.39, 0.29) is 17.4 Å². The standard InChI is InChI=1S/C12H12N2O3/c1-2-13-12(17)11-6-8-5-9(16)3-4-10(8)14(11)7-15/h3-7,16H,2H2,1H3,(H,13,17). The lowest BCUT2D eigenvalue weighted by Crippen LogP contribution is -2.25. The Morgan fingerprint density at radius 3 is 2.88 bits per heavy atom. The van der Waals surface area contributed by atoms with E-state index >= 15 is 0 Å². The van der Waals surface area contributed by atoms with E-state index in [1.54, 1.807) is 19.1 Å². The molecule has 0 saturated heterocycles. The van der Waals surface area contributed by atoms with Gasteiger partial charge in [0.2, 0.25) is 6.41 Å². The fraction of sp³-hybridized carbons (Fsp3) is 0.167. The summed E-state index contributed by atoms with van der Waals surface area (Å²) >= 11 is 0. The van der Waals surface area contributed by atoms with Crippen molar-refractivity contribution in [3.05, 3.63) is 30.0 Å². The summed E-state index contributed by atoms with van der Waals surface area (Å²) in [5.41, 5.74) is 0.863. The quantitative estimate of drug-likeness (QED) is 0.779. The molecular weight excluding hydrogens is 220 g/mol. The molecule has 0 atom stereocenters. The molecule has 1 amide bonds. The predicted molar refractivity (Wildman–Crippen MR) is 63.8 cm³/mol. The number of rotatable bonds is 3. The Kier molecular flexibility index (Phi) is 2.82. The van der Waals surface area contributed by atoms with Gasteiger partial charge in [-0.05, 0) is 31.2 Å². The van der Waals surface area contributed by atoms with E-state index in [4.69, 9.17) is 0 Å². The smallest absolute Gasteiger partial charge is 0.268 e. The minimum atomic E-state index is -0.310. The van der Waals surface area contributed by atoms with Gasteiger partial charge in [0.1, 0.15) is 11.4 Å². The van der Waals surface area contributed by atoms with Crippen LogP contribution in [0.2, 0.25) is 0 Å². The summed E-state index contributed by atoms with van der Waals surface area (Å²) in [5, 5.41) is 12.6. The number of aromatic nitrogens is 1. The number of phenols is 1. The van der Waals surface area contributed by atoms with Crippen molar-refractivity contribution < 1.29 is 14.7 Å². The van der Waals surface area contributed by atoms with Crippen molar-refractivity contribution in [1.29, 1.82) is 0 Å². The van der Waals surface area contributed by atoms with Crippen LogP contribution >= 0.6 is 0 Å². The Bertz CT molecular complexity index is 587. The van der Waals surface area contributed by atoms with E-state index < -0.39 is 0 Å². The number of amides is 1. The van der Waals surface area contributed by atoms with Crippen molar-refractivity contribution in [2.24, 2.45) is 0 Å². The fourth-order valence-corrected chi connectivity index (χ4v) is 1.76. The molecule has 0 fully saturated rings. The molecule has 88 valence electrons. The van der Waals surface area contributed by atoms with Crippen LogP contribution in [-0.4, -0.2) is 28.5 Å². The number of nitrogens with zero attached hydrogens (tertiary/aromatic N) is 1. The molecule has 0 radical (unpaired) electrons. The number of phenolic OH excluding ortho intramolecular Hbond substituents is 1. The monoisotopic (exact) mass is 232 g/mol. The van der Waals surface area contributed by atoms with Crippen LogP contribution in [0.3, 0.4) is 0 Å². The summed E-state index contributed by atoms with van der Waals surface area (Å²) in [6.45, 7) is 2.29. The first-order valence-corrected chi connectivity index (χ1v) is 5.24. The third-order valence-electron chi connectivity index (χ3n) is 2.50. The van der Waals surface area contributed by atoms with Gasteiger partial charge in [0, 0.05) is 11.9 Å². The molecular formula is C12H12N2O3. The summed E-state index contributed by atoms with van der Waals surface area (Å²) in [6, 6.07) is 6.16. The first-order valence-electron chi connectivity index (χ1n) is 5.24. The molecule has 2 N–H and O–H groups in total. The van der Waals surface area contributed by atoms with Gasteiger partial charge in [-0.3, -0.25) is 14.2 Å². The maximum absolute atomic E-state index is 11.7. The second-order valence-electron chi connectivity index (χ2n) is 3.61. The molecule has 2 rings (SSSR count). The molecule has 0 aliphatic rings. The minimum absolute atomic E-state index is 0.1000. The first kappa shape index (κ1) is 11.2. The molecule has 1 aromatic carbocycles. The van der Waals surface area contributed by atoms with Gasteiger partial charge >= 0.3 is 0 Å². The Morgan fingerprint density at radius 1 is 1.47 bits per heavy atom. The highest BCUT2D eigenvalue weighted by molar-refractivity contribution is 6.02. The number of hydrogen-bond acceptors (Lipinski definition) is 3. The maximum atomic E-state index is 11.7. The Labute approximate surface area is 97.7 Å². The molecule has 0 spiro atoms. The van der Waals surface area contributed by atoms with E-state index in [2.05, 4.69) is 5.32 Å². The van der Waals surface area contributed by atoms with Crippen molar-refractivity contribution in [3.8, 4) is 5.75 Å². The van der Waals surface area contributed by atoms with E-state index in [1.807, 2.05) is 0 Å². The van der Waals surface area contributed by atoms with Crippen LogP contribution in [0.4, 0.5) is 0 Å². The molecule has 1 heterocycles. The number of aromatic hydroxyl groups is 1. The molecule has 5 nitrogen and oxygen atoms in total. The van der Waals surface area contributed by atoms with Crippen molar-refractivity contribution in [1.82, 2.24) is 9.88 Å². The fourth-order valence-electron chi connectivity index (χ4n) is 1.76. The number of benzene rings is 1. The molecule has 0 aliphatic heterocycles. The largest absolute Gasteiger partial charge is 0.508 e. The van der Waals surface area contributed by atoms with E-state index in [0.29, 0.717) is 23.9 Å². The Hall–Kier alpha value is -2.30. The van der Waals surface area contributed by atoms with Gasteiger partial charge in [-0.1, -0.05) is 0 Å². The lowest BCUT2D eigenvalue weighted by atomic mass is 10.2. The summed E-state index contributed by atoms with van der Waals surface area (Å²) in [5.74, 6) is -0.210. The average molecular weight is 232 g/mol. The van der Waals surface area contributed by atoms with Crippen molar-refractivity contribution in [2.75, 3.05) is 6.54 Å². The maximum Gasteiger partial charge on any atom is 0.268 e. The zero-order chi connectivity index (χ0) is 12.4. The normalized spacial score (nSPS) is 10.4. The molecule has 0 aliphatic carbocycles. The lowest BCUT2D eigenvalue weighted by Gasteiger charge is -2.02. The number of hydrogen-bond donors (Lipinski definition) is 2. The van der Waals surface area contributed by atoms with Gasteiger partial charge in [0.15, 0.2) is 0 Å². The van der Waals surface area contributed by atoms with Gasteiger partial charge in [-0.25, -0.2) is 0 Å². The van der Waals surface area contributed by atoms with Gasteiger partial charge in [-0.15, -0.1) is 0 Å². The predicted octanol–water partition coefficient (Wildman–Crippen LogP) is 1.13. The highest BCUT2D eigenvalue weighted by Crippen LogP contribution is 2.23. The third-order valence-corrected chi connectivity index (χ3v) is 2.50. The molecule has 2 aromatic rings. The van der Waals surface area contributed by atoms with Crippen LogP contribution in [0.15, 0.2) is 24.3 Å². The second-order valence-corrected chi connectivity index (χ2v) is 3.61. The zero-order valence-corrected chi connectivity index (χ0v) is 9.30. The van der Waals surface area contributed by atoms with Crippen LogP contribution in [0.25, 0.3) is 10.9 Å². The third kappa shape index (κ3) is 1.87. The van der Waals surface area contributed by atoms with Gasteiger partial charge in [-0.2, -0.15) is 0 Å². The van der Waals surface area contributed by atoms with E-state index in [9.17, 15) is 14.7 Å². The Balaban J connectivity index is 2.63. The van der Waals surface area contributed by atoms with Crippen molar-refractivity contribution >= 4 is 23.2 Å². The first-order chi connectivity index (χ1) is 8.17. The minimum Gasteiger partial charge on any atom is -0.508 e. The lowest BCUT2D eigenvalue weighted by molar-refractivity contribution is 0.0950. The van der Waals surface area contributed by atoms with Gasteiger partial charge in [0.05, 0.1) is 5.52 Å². The molecule has 5 heteroatoms. The van der Waals surface area contributed by atoms with Crippen molar-refractivity contribution in [3.63, 3.8) is 0 Å². The van der Waals surface area contributed by atoms with Crippen LogP contribution < -0.4 is 5.32 Å². The Morgan fingerprint density at radius 2 is 2.24 bits per heavy atom. The highest BCUT2D eigenvalue weighted by Gasteiger charge is 2.14.